The van der Waals surface area contributed by atoms with Crippen molar-refractivity contribution >= 4 is 17.6 Å². The Morgan fingerprint density at radius 3 is 2.90 bits per heavy atom. The predicted molar refractivity (Wildman–Crippen MR) is 78.2 cm³/mol. The number of hydrogen-bond donors (Lipinski definition) is 2. The van der Waals surface area contributed by atoms with E-state index in [9.17, 15) is 4.79 Å². The summed E-state index contributed by atoms with van der Waals surface area (Å²) in [6.07, 6.45) is 2.39. The summed E-state index contributed by atoms with van der Waals surface area (Å²) < 4.78 is 1.62. The van der Waals surface area contributed by atoms with Crippen LogP contribution in [0.25, 0.3) is 0 Å². The number of rotatable bonds is 6. The first kappa shape index (κ1) is 14.6. The fraction of sp³-hybridized carbons (Fsp3) is 0.500. The fourth-order valence-corrected chi connectivity index (χ4v) is 2.67. The summed E-state index contributed by atoms with van der Waals surface area (Å²) >= 11 is 1.37. The van der Waals surface area contributed by atoms with E-state index in [0.717, 1.165) is 29.4 Å². The molecular weight excluding hydrogens is 276 g/mol. The average Bonchev–Trinajstić information content (AvgIpc) is 2.77. The maximum absolute atomic E-state index is 11.7. The summed E-state index contributed by atoms with van der Waals surface area (Å²) in [4.78, 5) is 20.1. The molecule has 0 aliphatic carbocycles. The molecule has 2 rings (SSSR count). The standard InChI is InChI=1S/C12H18N6OS/c1-4-6-18-11(19)16-17-12(18)20-10-8(3)9(13-5-2)14-7-15-10/h7H,4-6H2,1-3H3,(H,16,19)(H,13,14,15). The molecule has 0 aliphatic heterocycles. The lowest BCUT2D eigenvalue weighted by Gasteiger charge is -2.09. The van der Waals surface area contributed by atoms with Gasteiger partial charge in [-0.3, -0.25) is 4.57 Å². The molecule has 8 heteroatoms. The minimum absolute atomic E-state index is 0.187. The van der Waals surface area contributed by atoms with Crippen molar-refractivity contribution < 1.29 is 0 Å². The van der Waals surface area contributed by atoms with E-state index in [-0.39, 0.29) is 5.69 Å². The SMILES string of the molecule is CCCn1c(Sc2ncnc(NCC)c2C)n[nH]c1=O. The quantitative estimate of drug-likeness (QED) is 0.788. The zero-order chi connectivity index (χ0) is 14.5. The van der Waals surface area contributed by atoms with E-state index in [1.165, 1.54) is 18.1 Å². The first-order valence-corrected chi connectivity index (χ1v) is 7.37. The highest BCUT2D eigenvalue weighted by Gasteiger charge is 2.13. The van der Waals surface area contributed by atoms with Crippen molar-refractivity contribution in [3.05, 3.63) is 22.4 Å². The van der Waals surface area contributed by atoms with Gasteiger partial charge in [-0.2, -0.15) is 0 Å². The molecule has 2 aromatic rings. The number of hydrogen-bond acceptors (Lipinski definition) is 6. The summed E-state index contributed by atoms with van der Waals surface area (Å²) in [6, 6.07) is 0. The van der Waals surface area contributed by atoms with Gasteiger partial charge in [-0.1, -0.05) is 6.92 Å². The van der Waals surface area contributed by atoms with Crippen LogP contribution >= 0.6 is 11.8 Å². The summed E-state index contributed by atoms with van der Waals surface area (Å²) in [5.74, 6) is 0.810. The number of aromatic nitrogens is 5. The molecule has 0 atom stereocenters. The summed E-state index contributed by atoms with van der Waals surface area (Å²) in [5, 5.41) is 11.1. The molecule has 20 heavy (non-hydrogen) atoms. The second-order valence-corrected chi connectivity index (χ2v) is 5.20. The lowest BCUT2D eigenvalue weighted by atomic mass is 10.3. The highest BCUT2D eigenvalue weighted by molar-refractivity contribution is 7.99. The largest absolute Gasteiger partial charge is 0.370 e. The zero-order valence-electron chi connectivity index (χ0n) is 11.8. The Balaban J connectivity index is 2.30. The van der Waals surface area contributed by atoms with Crippen molar-refractivity contribution in [2.45, 2.75) is 43.9 Å². The van der Waals surface area contributed by atoms with Crippen LogP contribution in [0.15, 0.2) is 21.3 Å². The number of H-pyrrole nitrogens is 1. The molecule has 2 heterocycles. The smallest absolute Gasteiger partial charge is 0.343 e. The lowest BCUT2D eigenvalue weighted by Crippen LogP contribution is -2.17. The summed E-state index contributed by atoms with van der Waals surface area (Å²) in [5.41, 5.74) is 0.769. The van der Waals surface area contributed by atoms with E-state index < -0.39 is 0 Å². The van der Waals surface area contributed by atoms with Gasteiger partial charge in [0.05, 0.1) is 0 Å². The number of nitrogens with zero attached hydrogens (tertiary/aromatic N) is 4. The molecule has 2 aromatic heterocycles. The Hall–Kier alpha value is -1.83. The molecule has 0 fully saturated rings. The van der Waals surface area contributed by atoms with Crippen LogP contribution in [0.1, 0.15) is 25.8 Å². The minimum atomic E-state index is -0.187. The van der Waals surface area contributed by atoms with E-state index in [2.05, 4.69) is 25.5 Å². The molecular formula is C12H18N6OS. The Morgan fingerprint density at radius 2 is 2.20 bits per heavy atom. The van der Waals surface area contributed by atoms with Crippen LogP contribution in [0.3, 0.4) is 0 Å². The monoisotopic (exact) mass is 294 g/mol. The molecule has 0 spiro atoms. The Kier molecular flexibility index (Phi) is 4.78. The summed E-state index contributed by atoms with van der Waals surface area (Å²) in [6.45, 7) is 7.43. The van der Waals surface area contributed by atoms with Crippen LogP contribution in [-0.2, 0) is 6.54 Å². The highest BCUT2D eigenvalue weighted by Crippen LogP contribution is 2.28. The van der Waals surface area contributed by atoms with Gasteiger partial charge in [0.2, 0.25) is 0 Å². The van der Waals surface area contributed by atoms with E-state index >= 15 is 0 Å². The molecule has 0 aromatic carbocycles. The van der Waals surface area contributed by atoms with Gasteiger partial charge in [0.25, 0.3) is 0 Å². The molecule has 0 radical (unpaired) electrons. The fourth-order valence-electron chi connectivity index (χ4n) is 1.77. The van der Waals surface area contributed by atoms with Gasteiger partial charge in [0.15, 0.2) is 5.16 Å². The van der Waals surface area contributed by atoms with E-state index in [4.69, 9.17) is 0 Å². The average molecular weight is 294 g/mol. The molecule has 2 N–H and O–H groups in total. The molecule has 7 nitrogen and oxygen atoms in total. The van der Waals surface area contributed by atoms with Gasteiger partial charge in [0, 0.05) is 18.7 Å². The third-order valence-corrected chi connectivity index (χ3v) is 3.84. The second-order valence-electron chi connectivity index (χ2n) is 4.25. The van der Waals surface area contributed by atoms with Crippen molar-refractivity contribution in [3.8, 4) is 0 Å². The van der Waals surface area contributed by atoms with Crippen molar-refractivity contribution in [2.75, 3.05) is 11.9 Å². The maximum atomic E-state index is 11.7. The van der Waals surface area contributed by atoms with Crippen molar-refractivity contribution in [1.29, 1.82) is 0 Å². The lowest BCUT2D eigenvalue weighted by molar-refractivity contribution is 0.603. The van der Waals surface area contributed by atoms with Gasteiger partial charge >= 0.3 is 5.69 Å². The third kappa shape index (κ3) is 3.01. The van der Waals surface area contributed by atoms with Crippen LogP contribution in [0, 0.1) is 6.92 Å². The van der Waals surface area contributed by atoms with Gasteiger partial charge in [-0.15, -0.1) is 5.10 Å². The Labute approximate surface area is 121 Å². The van der Waals surface area contributed by atoms with Gasteiger partial charge in [-0.05, 0) is 32.0 Å². The van der Waals surface area contributed by atoms with Crippen molar-refractivity contribution in [3.63, 3.8) is 0 Å². The van der Waals surface area contributed by atoms with Gasteiger partial charge < -0.3 is 5.32 Å². The Morgan fingerprint density at radius 1 is 1.40 bits per heavy atom. The second kappa shape index (κ2) is 6.56. The number of nitrogens with one attached hydrogen (secondary N) is 2. The van der Waals surface area contributed by atoms with E-state index in [1.807, 2.05) is 20.8 Å². The third-order valence-electron chi connectivity index (χ3n) is 2.74. The first-order valence-electron chi connectivity index (χ1n) is 6.55. The normalized spacial score (nSPS) is 10.8. The predicted octanol–water partition coefficient (Wildman–Crippen LogP) is 1.66. The number of aromatic amines is 1. The topological polar surface area (TPSA) is 88.5 Å². The van der Waals surface area contributed by atoms with E-state index in [1.54, 1.807) is 4.57 Å². The zero-order valence-corrected chi connectivity index (χ0v) is 12.6. The molecule has 0 saturated heterocycles. The molecule has 108 valence electrons. The molecule has 0 amide bonds. The van der Waals surface area contributed by atoms with Crippen LogP contribution in [0.4, 0.5) is 5.82 Å². The molecule has 0 unspecified atom stereocenters. The van der Waals surface area contributed by atoms with Crippen LogP contribution in [0.2, 0.25) is 0 Å². The minimum Gasteiger partial charge on any atom is -0.370 e. The van der Waals surface area contributed by atoms with Crippen LogP contribution in [-0.4, -0.2) is 31.3 Å². The Bertz CT molecular complexity index is 635. The maximum Gasteiger partial charge on any atom is 0.343 e. The number of anilines is 1. The molecule has 0 bridgehead atoms. The van der Waals surface area contributed by atoms with Gasteiger partial charge in [-0.25, -0.2) is 19.9 Å². The van der Waals surface area contributed by atoms with Crippen LogP contribution < -0.4 is 11.0 Å². The van der Waals surface area contributed by atoms with Gasteiger partial charge in [0.1, 0.15) is 17.2 Å². The molecule has 0 saturated carbocycles. The van der Waals surface area contributed by atoms with Crippen LogP contribution in [0.5, 0.6) is 0 Å². The van der Waals surface area contributed by atoms with Crippen molar-refractivity contribution in [1.82, 2.24) is 24.7 Å². The van der Waals surface area contributed by atoms with E-state index in [0.29, 0.717) is 11.7 Å². The highest BCUT2D eigenvalue weighted by atomic mass is 32.2. The van der Waals surface area contributed by atoms with Crippen molar-refractivity contribution in [2.24, 2.45) is 0 Å². The first-order chi connectivity index (χ1) is 9.67. The summed E-state index contributed by atoms with van der Waals surface area (Å²) in [7, 11) is 0. The molecule has 0 aliphatic rings.